The standard InChI is InChI=1S/C14H16BrFN2O3/c15-12-8-10(16)2-3-11(12)14(21)18-5-1-4-17(6-7-18)9-13(19)20/h2-3,8H,1,4-7,9H2,(H,19,20). The van der Waals surface area contributed by atoms with Gasteiger partial charge in [-0.25, -0.2) is 4.39 Å². The van der Waals surface area contributed by atoms with Crippen molar-refractivity contribution in [2.45, 2.75) is 6.42 Å². The second-order valence-corrected chi connectivity index (χ2v) is 5.79. The summed E-state index contributed by atoms with van der Waals surface area (Å²) >= 11 is 3.20. The summed E-state index contributed by atoms with van der Waals surface area (Å²) in [5.74, 6) is -1.43. The van der Waals surface area contributed by atoms with Crippen LogP contribution < -0.4 is 0 Å². The fourth-order valence-corrected chi connectivity index (χ4v) is 2.88. The number of rotatable bonds is 3. The van der Waals surface area contributed by atoms with E-state index in [-0.39, 0.29) is 12.5 Å². The Morgan fingerprint density at radius 2 is 2.00 bits per heavy atom. The molecule has 1 heterocycles. The number of hydrogen-bond acceptors (Lipinski definition) is 3. The molecule has 1 amide bonds. The topological polar surface area (TPSA) is 60.9 Å². The van der Waals surface area contributed by atoms with E-state index in [0.29, 0.717) is 36.2 Å². The van der Waals surface area contributed by atoms with Crippen LogP contribution in [0, 0.1) is 5.82 Å². The number of benzene rings is 1. The molecular weight excluding hydrogens is 343 g/mol. The van der Waals surface area contributed by atoms with Crippen LogP contribution in [0.3, 0.4) is 0 Å². The highest BCUT2D eigenvalue weighted by Gasteiger charge is 2.22. The molecule has 1 N–H and O–H groups in total. The molecule has 2 rings (SSSR count). The molecule has 1 saturated heterocycles. The van der Waals surface area contributed by atoms with Gasteiger partial charge in [-0.1, -0.05) is 0 Å². The van der Waals surface area contributed by atoms with Crippen LogP contribution in [-0.2, 0) is 4.79 Å². The summed E-state index contributed by atoms with van der Waals surface area (Å²) in [4.78, 5) is 26.7. The molecule has 0 spiro atoms. The molecule has 1 aromatic carbocycles. The summed E-state index contributed by atoms with van der Waals surface area (Å²) in [5, 5.41) is 8.81. The van der Waals surface area contributed by atoms with Crippen molar-refractivity contribution in [1.29, 1.82) is 0 Å². The van der Waals surface area contributed by atoms with Crippen LogP contribution in [0.15, 0.2) is 22.7 Å². The first kappa shape index (κ1) is 15.9. The molecule has 1 fully saturated rings. The first-order valence-electron chi connectivity index (χ1n) is 6.66. The average Bonchev–Trinajstić information content (AvgIpc) is 2.63. The lowest BCUT2D eigenvalue weighted by Crippen LogP contribution is -2.36. The predicted octanol–water partition coefficient (Wildman–Crippen LogP) is 1.82. The number of carboxylic acids is 1. The number of carbonyl (C=O) groups is 2. The van der Waals surface area contributed by atoms with Gasteiger partial charge in [-0.15, -0.1) is 0 Å². The highest BCUT2D eigenvalue weighted by atomic mass is 79.9. The van der Waals surface area contributed by atoms with E-state index in [9.17, 15) is 14.0 Å². The summed E-state index contributed by atoms with van der Waals surface area (Å²) in [6, 6.07) is 3.98. The SMILES string of the molecule is O=C(O)CN1CCCN(C(=O)c2ccc(F)cc2Br)CC1. The number of carboxylic acid groups (broad SMARTS) is 1. The molecule has 0 radical (unpaired) electrons. The Balaban J connectivity index is 2.04. The van der Waals surface area contributed by atoms with E-state index >= 15 is 0 Å². The highest BCUT2D eigenvalue weighted by Crippen LogP contribution is 2.20. The van der Waals surface area contributed by atoms with Crippen molar-refractivity contribution >= 4 is 27.8 Å². The molecule has 7 heteroatoms. The van der Waals surface area contributed by atoms with E-state index in [4.69, 9.17) is 5.11 Å². The molecule has 0 aromatic heterocycles. The second-order valence-electron chi connectivity index (χ2n) is 4.94. The lowest BCUT2D eigenvalue weighted by Gasteiger charge is -2.21. The maximum absolute atomic E-state index is 13.1. The lowest BCUT2D eigenvalue weighted by atomic mass is 10.2. The number of nitrogens with zero attached hydrogens (tertiary/aromatic N) is 2. The molecule has 1 aromatic rings. The zero-order valence-corrected chi connectivity index (χ0v) is 13.0. The van der Waals surface area contributed by atoms with Gasteiger partial charge < -0.3 is 10.0 Å². The van der Waals surface area contributed by atoms with Gasteiger partial charge in [-0.2, -0.15) is 0 Å². The zero-order chi connectivity index (χ0) is 15.4. The minimum absolute atomic E-state index is 0.0116. The summed E-state index contributed by atoms with van der Waals surface area (Å²) in [6.45, 7) is 2.20. The molecule has 0 bridgehead atoms. The highest BCUT2D eigenvalue weighted by molar-refractivity contribution is 9.10. The van der Waals surface area contributed by atoms with Gasteiger partial charge in [-0.3, -0.25) is 14.5 Å². The lowest BCUT2D eigenvalue weighted by molar-refractivity contribution is -0.138. The van der Waals surface area contributed by atoms with Crippen molar-refractivity contribution in [3.05, 3.63) is 34.1 Å². The van der Waals surface area contributed by atoms with Gasteiger partial charge in [0.2, 0.25) is 0 Å². The molecule has 0 saturated carbocycles. The first-order valence-corrected chi connectivity index (χ1v) is 7.45. The summed E-state index contributed by atoms with van der Waals surface area (Å²) in [7, 11) is 0. The molecule has 114 valence electrons. The molecule has 1 aliphatic heterocycles. The number of carbonyl (C=O) groups excluding carboxylic acids is 1. The summed E-state index contributed by atoms with van der Waals surface area (Å²) < 4.78 is 13.5. The van der Waals surface area contributed by atoms with E-state index in [1.807, 2.05) is 4.90 Å². The fraction of sp³-hybridized carbons (Fsp3) is 0.429. The van der Waals surface area contributed by atoms with Gasteiger partial charge in [0.05, 0.1) is 12.1 Å². The van der Waals surface area contributed by atoms with Crippen molar-refractivity contribution in [1.82, 2.24) is 9.80 Å². The smallest absolute Gasteiger partial charge is 0.317 e. The number of hydrogen-bond donors (Lipinski definition) is 1. The molecule has 1 aliphatic rings. The minimum atomic E-state index is -0.865. The van der Waals surface area contributed by atoms with Gasteiger partial charge in [0.1, 0.15) is 5.82 Å². The summed E-state index contributed by atoms with van der Waals surface area (Å²) in [6.07, 6.45) is 0.720. The van der Waals surface area contributed by atoms with Crippen LogP contribution in [0.4, 0.5) is 4.39 Å². The molecule has 0 aliphatic carbocycles. The van der Waals surface area contributed by atoms with Crippen molar-refractivity contribution < 1.29 is 19.1 Å². The van der Waals surface area contributed by atoms with Crippen molar-refractivity contribution in [3.8, 4) is 0 Å². The van der Waals surface area contributed by atoms with Crippen LogP contribution in [0.1, 0.15) is 16.8 Å². The van der Waals surface area contributed by atoms with Gasteiger partial charge >= 0.3 is 5.97 Å². The Morgan fingerprint density at radius 3 is 2.67 bits per heavy atom. The third-order valence-corrected chi connectivity index (χ3v) is 4.05. The van der Waals surface area contributed by atoms with Crippen LogP contribution in [0.5, 0.6) is 0 Å². The number of aliphatic carboxylic acids is 1. The van der Waals surface area contributed by atoms with E-state index in [1.54, 1.807) is 4.90 Å². The number of halogens is 2. The van der Waals surface area contributed by atoms with Crippen LogP contribution >= 0.6 is 15.9 Å². The van der Waals surface area contributed by atoms with Gasteiger partial charge in [0.15, 0.2) is 0 Å². The molecule has 0 atom stereocenters. The van der Waals surface area contributed by atoms with Crippen molar-refractivity contribution in [2.75, 3.05) is 32.7 Å². The largest absolute Gasteiger partial charge is 0.480 e. The van der Waals surface area contributed by atoms with Crippen LogP contribution in [0.25, 0.3) is 0 Å². The quantitative estimate of drug-likeness (QED) is 0.895. The average molecular weight is 359 g/mol. The maximum Gasteiger partial charge on any atom is 0.317 e. The Morgan fingerprint density at radius 1 is 1.24 bits per heavy atom. The van der Waals surface area contributed by atoms with E-state index in [0.717, 1.165) is 6.42 Å². The molecule has 5 nitrogen and oxygen atoms in total. The second kappa shape index (κ2) is 7.00. The Bertz CT molecular complexity index is 553. The third kappa shape index (κ3) is 4.25. The van der Waals surface area contributed by atoms with E-state index in [1.165, 1.54) is 18.2 Å². The van der Waals surface area contributed by atoms with Gasteiger partial charge in [0, 0.05) is 30.7 Å². The fourth-order valence-electron chi connectivity index (χ4n) is 2.36. The Kier molecular flexibility index (Phi) is 5.30. The van der Waals surface area contributed by atoms with E-state index < -0.39 is 11.8 Å². The summed E-state index contributed by atoms with van der Waals surface area (Å²) in [5.41, 5.74) is 0.420. The zero-order valence-electron chi connectivity index (χ0n) is 11.4. The minimum Gasteiger partial charge on any atom is -0.480 e. The molecule has 0 unspecified atom stereocenters. The Labute approximate surface area is 130 Å². The predicted molar refractivity (Wildman–Crippen MR) is 78.7 cm³/mol. The van der Waals surface area contributed by atoms with E-state index in [2.05, 4.69) is 15.9 Å². The van der Waals surface area contributed by atoms with Crippen LogP contribution in [0.2, 0.25) is 0 Å². The van der Waals surface area contributed by atoms with Gasteiger partial charge in [0.25, 0.3) is 5.91 Å². The molecular formula is C14H16BrFN2O3. The Hall–Kier alpha value is -1.47. The first-order chi connectivity index (χ1) is 9.97. The monoisotopic (exact) mass is 358 g/mol. The van der Waals surface area contributed by atoms with Crippen molar-refractivity contribution in [3.63, 3.8) is 0 Å². The number of amides is 1. The normalized spacial score (nSPS) is 16.6. The van der Waals surface area contributed by atoms with Gasteiger partial charge in [-0.05, 0) is 40.5 Å². The maximum atomic E-state index is 13.1. The third-order valence-electron chi connectivity index (χ3n) is 3.40. The van der Waals surface area contributed by atoms with Crippen LogP contribution in [-0.4, -0.2) is 59.5 Å². The van der Waals surface area contributed by atoms with Crippen molar-refractivity contribution in [2.24, 2.45) is 0 Å². The molecule has 21 heavy (non-hydrogen) atoms.